The van der Waals surface area contributed by atoms with Crippen LogP contribution in [0.2, 0.25) is 0 Å². The molecule has 1 heterocycles. The normalized spacial score (nSPS) is 10.5. The van der Waals surface area contributed by atoms with E-state index in [2.05, 4.69) is 41.6 Å². The fourth-order valence-corrected chi connectivity index (χ4v) is 2.11. The Morgan fingerprint density at radius 3 is 2.53 bits per heavy atom. The summed E-state index contributed by atoms with van der Waals surface area (Å²) in [6.45, 7) is 2.23. The highest BCUT2D eigenvalue weighted by atomic mass is 32.1. The van der Waals surface area contributed by atoms with Crippen molar-refractivity contribution in [1.82, 2.24) is 4.37 Å². The Balaban J connectivity index is 2.11. The van der Waals surface area contributed by atoms with Crippen LogP contribution in [0.15, 0.2) is 35.7 Å². The first-order valence-electron chi connectivity index (χ1n) is 5.40. The second-order valence-electron chi connectivity index (χ2n) is 3.69. The SMILES string of the molecule is CCCCc1ccc(-c2ccsn2)cc1. The average molecular weight is 217 g/mol. The van der Waals surface area contributed by atoms with Crippen LogP contribution in [0.25, 0.3) is 11.3 Å². The van der Waals surface area contributed by atoms with E-state index in [1.165, 1.54) is 41.9 Å². The van der Waals surface area contributed by atoms with Gasteiger partial charge in [0, 0.05) is 10.9 Å². The predicted molar refractivity (Wildman–Crippen MR) is 66.2 cm³/mol. The fourth-order valence-electron chi connectivity index (χ4n) is 1.58. The first-order chi connectivity index (χ1) is 7.40. The van der Waals surface area contributed by atoms with Crippen molar-refractivity contribution in [3.63, 3.8) is 0 Å². The Morgan fingerprint density at radius 2 is 1.93 bits per heavy atom. The highest BCUT2D eigenvalue weighted by Crippen LogP contribution is 2.19. The van der Waals surface area contributed by atoms with Gasteiger partial charge in [0.1, 0.15) is 0 Å². The highest BCUT2D eigenvalue weighted by molar-refractivity contribution is 7.03. The molecule has 0 amide bonds. The largest absolute Gasteiger partial charge is 0.193 e. The molecule has 1 nitrogen and oxygen atoms in total. The molecule has 0 fully saturated rings. The van der Waals surface area contributed by atoms with Crippen LogP contribution in [0.3, 0.4) is 0 Å². The second-order valence-corrected chi connectivity index (χ2v) is 4.35. The van der Waals surface area contributed by atoms with E-state index in [9.17, 15) is 0 Å². The summed E-state index contributed by atoms with van der Waals surface area (Å²) in [5.41, 5.74) is 3.73. The number of aromatic nitrogens is 1. The molecule has 0 bridgehead atoms. The summed E-state index contributed by atoms with van der Waals surface area (Å²) in [7, 11) is 0. The standard InChI is InChI=1S/C13H15NS/c1-2-3-4-11-5-7-12(8-6-11)13-9-10-15-14-13/h5-10H,2-4H2,1H3. The zero-order valence-corrected chi connectivity index (χ0v) is 9.76. The quantitative estimate of drug-likeness (QED) is 0.749. The van der Waals surface area contributed by atoms with Crippen molar-refractivity contribution < 1.29 is 0 Å². The Morgan fingerprint density at radius 1 is 1.13 bits per heavy atom. The first-order valence-corrected chi connectivity index (χ1v) is 6.23. The molecule has 0 N–H and O–H groups in total. The summed E-state index contributed by atoms with van der Waals surface area (Å²) in [5, 5.41) is 2.01. The van der Waals surface area contributed by atoms with Crippen molar-refractivity contribution >= 4 is 11.5 Å². The number of hydrogen-bond donors (Lipinski definition) is 0. The van der Waals surface area contributed by atoms with Crippen molar-refractivity contribution in [1.29, 1.82) is 0 Å². The van der Waals surface area contributed by atoms with Crippen LogP contribution < -0.4 is 0 Å². The van der Waals surface area contributed by atoms with Gasteiger partial charge >= 0.3 is 0 Å². The molecule has 0 radical (unpaired) electrons. The fraction of sp³-hybridized carbons (Fsp3) is 0.308. The zero-order valence-electron chi connectivity index (χ0n) is 8.94. The molecule has 2 heteroatoms. The van der Waals surface area contributed by atoms with E-state index in [-0.39, 0.29) is 0 Å². The topological polar surface area (TPSA) is 12.9 Å². The average Bonchev–Trinajstić information content (AvgIpc) is 2.80. The van der Waals surface area contributed by atoms with Gasteiger partial charge in [-0.1, -0.05) is 37.6 Å². The lowest BCUT2D eigenvalue weighted by molar-refractivity contribution is 0.795. The van der Waals surface area contributed by atoms with Crippen molar-refractivity contribution in [3.05, 3.63) is 41.3 Å². The molecule has 1 aromatic carbocycles. The Bertz CT molecular complexity index is 389. The Hall–Kier alpha value is -1.15. The van der Waals surface area contributed by atoms with Crippen molar-refractivity contribution in [2.75, 3.05) is 0 Å². The number of aryl methyl sites for hydroxylation is 1. The molecule has 2 aromatic rings. The van der Waals surface area contributed by atoms with Gasteiger partial charge in [-0.05, 0) is 36.0 Å². The first kappa shape index (κ1) is 10.4. The number of rotatable bonds is 4. The number of unbranched alkanes of at least 4 members (excludes halogenated alkanes) is 1. The van der Waals surface area contributed by atoms with Crippen molar-refractivity contribution in [2.24, 2.45) is 0 Å². The van der Waals surface area contributed by atoms with E-state index in [0.29, 0.717) is 0 Å². The Labute approximate surface area is 94.9 Å². The van der Waals surface area contributed by atoms with Crippen molar-refractivity contribution in [2.45, 2.75) is 26.2 Å². The van der Waals surface area contributed by atoms with Gasteiger partial charge < -0.3 is 0 Å². The molecule has 0 unspecified atom stereocenters. The van der Waals surface area contributed by atoms with E-state index < -0.39 is 0 Å². The third kappa shape index (κ3) is 2.66. The molecule has 0 aliphatic carbocycles. The second kappa shape index (κ2) is 5.08. The lowest BCUT2D eigenvalue weighted by atomic mass is 10.1. The van der Waals surface area contributed by atoms with Gasteiger partial charge in [-0.15, -0.1) is 0 Å². The molecule has 15 heavy (non-hydrogen) atoms. The number of nitrogens with zero attached hydrogens (tertiary/aromatic N) is 1. The lowest BCUT2D eigenvalue weighted by Gasteiger charge is -2.01. The predicted octanol–water partition coefficient (Wildman–Crippen LogP) is 4.15. The van der Waals surface area contributed by atoms with Crippen LogP contribution in [-0.4, -0.2) is 4.37 Å². The molecule has 2 rings (SSSR count). The van der Waals surface area contributed by atoms with E-state index in [0.717, 1.165) is 5.69 Å². The number of hydrogen-bond acceptors (Lipinski definition) is 2. The molecular weight excluding hydrogens is 202 g/mol. The smallest absolute Gasteiger partial charge is 0.0840 e. The summed E-state index contributed by atoms with van der Waals surface area (Å²) in [6.07, 6.45) is 3.72. The highest BCUT2D eigenvalue weighted by Gasteiger charge is 1.99. The molecule has 0 aliphatic heterocycles. The third-order valence-electron chi connectivity index (χ3n) is 2.51. The van der Waals surface area contributed by atoms with E-state index in [1.54, 1.807) is 0 Å². The van der Waals surface area contributed by atoms with Gasteiger partial charge in [0.05, 0.1) is 5.69 Å². The maximum Gasteiger partial charge on any atom is 0.0840 e. The molecule has 0 aliphatic rings. The van der Waals surface area contributed by atoms with E-state index in [1.807, 2.05) is 5.38 Å². The maximum atomic E-state index is 4.32. The van der Waals surface area contributed by atoms with Gasteiger partial charge in [0.25, 0.3) is 0 Å². The van der Waals surface area contributed by atoms with Crippen LogP contribution >= 0.6 is 11.5 Å². The minimum Gasteiger partial charge on any atom is -0.193 e. The van der Waals surface area contributed by atoms with Crippen LogP contribution in [0.1, 0.15) is 25.3 Å². The van der Waals surface area contributed by atoms with Crippen molar-refractivity contribution in [3.8, 4) is 11.3 Å². The van der Waals surface area contributed by atoms with Crippen LogP contribution in [-0.2, 0) is 6.42 Å². The van der Waals surface area contributed by atoms with E-state index >= 15 is 0 Å². The molecular formula is C13H15NS. The molecule has 78 valence electrons. The van der Waals surface area contributed by atoms with Gasteiger partial charge in [0.2, 0.25) is 0 Å². The van der Waals surface area contributed by atoms with Gasteiger partial charge in [-0.3, -0.25) is 0 Å². The minimum atomic E-state index is 1.09. The number of benzene rings is 1. The van der Waals surface area contributed by atoms with E-state index in [4.69, 9.17) is 0 Å². The van der Waals surface area contributed by atoms with Crippen LogP contribution in [0.5, 0.6) is 0 Å². The van der Waals surface area contributed by atoms with Gasteiger partial charge in [0.15, 0.2) is 0 Å². The maximum absolute atomic E-state index is 4.32. The molecule has 1 aromatic heterocycles. The molecule has 0 saturated carbocycles. The summed E-state index contributed by atoms with van der Waals surface area (Å²) in [6, 6.07) is 10.8. The molecule has 0 atom stereocenters. The summed E-state index contributed by atoms with van der Waals surface area (Å²) < 4.78 is 4.32. The van der Waals surface area contributed by atoms with Gasteiger partial charge in [-0.25, -0.2) is 0 Å². The molecule has 0 saturated heterocycles. The van der Waals surface area contributed by atoms with Gasteiger partial charge in [-0.2, -0.15) is 4.37 Å². The monoisotopic (exact) mass is 217 g/mol. The van der Waals surface area contributed by atoms with Crippen LogP contribution in [0, 0.1) is 0 Å². The summed E-state index contributed by atoms with van der Waals surface area (Å²) in [4.78, 5) is 0. The third-order valence-corrected chi connectivity index (χ3v) is 3.07. The van der Waals surface area contributed by atoms with Crippen LogP contribution in [0.4, 0.5) is 0 Å². The minimum absolute atomic E-state index is 1.09. The lowest BCUT2D eigenvalue weighted by Crippen LogP contribution is -1.84. The Kier molecular flexibility index (Phi) is 3.51. The zero-order chi connectivity index (χ0) is 10.5. The summed E-state index contributed by atoms with van der Waals surface area (Å²) in [5.74, 6) is 0. The molecule has 0 spiro atoms. The summed E-state index contributed by atoms with van der Waals surface area (Å²) >= 11 is 1.50.